The largest absolute Gasteiger partial charge is 0.385 e. The molecule has 0 aliphatic rings. The minimum absolute atomic E-state index is 0.102. The molecule has 0 atom stereocenters. The van der Waals surface area contributed by atoms with E-state index in [2.05, 4.69) is 5.32 Å². The summed E-state index contributed by atoms with van der Waals surface area (Å²) in [7, 11) is 2.88. The summed E-state index contributed by atoms with van der Waals surface area (Å²) in [6.07, 6.45) is 0.696. The molecular weight excluding hydrogens is 312 g/mol. The average molecular weight is 332 g/mol. The summed E-state index contributed by atoms with van der Waals surface area (Å²) in [6, 6.07) is 8.66. The van der Waals surface area contributed by atoms with Crippen LogP contribution in [-0.4, -0.2) is 28.8 Å². The lowest BCUT2D eigenvalue weighted by molar-refractivity contribution is -0.116. The number of nitrogens with two attached hydrogens (primary N) is 1. The van der Waals surface area contributed by atoms with Crippen LogP contribution in [0, 0.1) is 0 Å². The number of nitrogen functional groups attached to an aromatic ring is 1. The molecule has 8 nitrogen and oxygen atoms in total. The summed E-state index contributed by atoms with van der Waals surface area (Å²) in [5.41, 5.74) is 5.17. The molecule has 2 rings (SSSR count). The Balaban J connectivity index is 2.46. The van der Waals surface area contributed by atoms with Crippen molar-refractivity contribution in [2.75, 3.05) is 24.8 Å². The van der Waals surface area contributed by atoms with Gasteiger partial charge in [0.15, 0.2) is 0 Å². The summed E-state index contributed by atoms with van der Waals surface area (Å²) in [4.78, 5) is 36.6. The highest BCUT2D eigenvalue weighted by Gasteiger charge is 2.18. The molecule has 128 valence electrons. The van der Waals surface area contributed by atoms with Gasteiger partial charge in [-0.2, -0.15) is 0 Å². The highest BCUT2D eigenvalue weighted by atomic mass is 16.5. The molecule has 0 bridgehead atoms. The van der Waals surface area contributed by atoms with Crippen LogP contribution in [-0.2, 0) is 16.6 Å². The van der Waals surface area contributed by atoms with Gasteiger partial charge in [-0.15, -0.1) is 0 Å². The van der Waals surface area contributed by atoms with Gasteiger partial charge >= 0.3 is 5.69 Å². The highest BCUT2D eigenvalue weighted by Crippen LogP contribution is 2.16. The van der Waals surface area contributed by atoms with Crippen molar-refractivity contribution in [3.63, 3.8) is 0 Å². The maximum Gasteiger partial charge on any atom is 0.337 e. The number of para-hydroxylation sites is 1. The zero-order chi connectivity index (χ0) is 17.7. The molecule has 0 saturated carbocycles. The molecule has 0 saturated heterocycles. The van der Waals surface area contributed by atoms with E-state index in [9.17, 15) is 14.4 Å². The van der Waals surface area contributed by atoms with Crippen LogP contribution in [0.4, 0.5) is 11.5 Å². The van der Waals surface area contributed by atoms with Gasteiger partial charge in [-0.05, 0) is 18.6 Å². The van der Waals surface area contributed by atoms with Crippen LogP contribution < -0.4 is 22.3 Å². The van der Waals surface area contributed by atoms with E-state index in [1.54, 1.807) is 37.4 Å². The van der Waals surface area contributed by atoms with Crippen LogP contribution in [0.25, 0.3) is 5.69 Å². The lowest BCUT2D eigenvalue weighted by Gasteiger charge is -2.15. The Hall–Kier alpha value is -2.87. The van der Waals surface area contributed by atoms with Crippen LogP contribution in [0.5, 0.6) is 0 Å². The molecule has 3 N–H and O–H groups in total. The topological polar surface area (TPSA) is 108 Å². The summed E-state index contributed by atoms with van der Waals surface area (Å²) in [5.74, 6) is -0.469. The van der Waals surface area contributed by atoms with Gasteiger partial charge < -0.3 is 15.8 Å². The molecule has 2 aromatic rings. The zero-order valence-electron chi connectivity index (χ0n) is 13.6. The average Bonchev–Trinajstić information content (AvgIpc) is 2.58. The first-order valence-corrected chi connectivity index (χ1v) is 7.43. The molecule has 8 heteroatoms. The van der Waals surface area contributed by atoms with Gasteiger partial charge in [-0.25, -0.2) is 9.36 Å². The van der Waals surface area contributed by atoms with Gasteiger partial charge in [0, 0.05) is 27.2 Å². The second-order valence-corrected chi connectivity index (χ2v) is 5.22. The Morgan fingerprint density at radius 1 is 1.25 bits per heavy atom. The number of benzene rings is 1. The minimum atomic E-state index is -0.648. The quantitative estimate of drug-likeness (QED) is 0.748. The molecule has 1 heterocycles. The number of hydrogen-bond donors (Lipinski definition) is 2. The maximum atomic E-state index is 12.4. The third-order valence-electron chi connectivity index (χ3n) is 3.52. The minimum Gasteiger partial charge on any atom is -0.385 e. The van der Waals surface area contributed by atoms with Crippen molar-refractivity contribution in [1.29, 1.82) is 0 Å². The third kappa shape index (κ3) is 3.54. The van der Waals surface area contributed by atoms with E-state index < -0.39 is 11.2 Å². The van der Waals surface area contributed by atoms with E-state index >= 15 is 0 Å². The van der Waals surface area contributed by atoms with Gasteiger partial charge in [-0.1, -0.05) is 18.2 Å². The van der Waals surface area contributed by atoms with Gasteiger partial charge in [0.2, 0.25) is 5.91 Å². The molecule has 1 amide bonds. The van der Waals surface area contributed by atoms with Gasteiger partial charge in [0.25, 0.3) is 5.56 Å². The highest BCUT2D eigenvalue weighted by molar-refractivity contribution is 5.93. The predicted octanol–water partition coefficient (Wildman–Crippen LogP) is 0.483. The van der Waals surface area contributed by atoms with E-state index in [1.165, 1.54) is 11.6 Å². The first-order chi connectivity index (χ1) is 11.5. The molecule has 0 aliphatic heterocycles. The number of methoxy groups -OCH3 is 1. The van der Waals surface area contributed by atoms with E-state index in [-0.39, 0.29) is 23.8 Å². The number of carbonyl (C=O) groups is 1. The van der Waals surface area contributed by atoms with Crippen molar-refractivity contribution in [2.45, 2.75) is 12.8 Å². The number of anilines is 2. The second kappa shape index (κ2) is 7.60. The van der Waals surface area contributed by atoms with Crippen molar-refractivity contribution in [3.05, 3.63) is 51.2 Å². The monoisotopic (exact) mass is 332 g/mol. The summed E-state index contributed by atoms with van der Waals surface area (Å²) < 4.78 is 6.98. The third-order valence-corrected chi connectivity index (χ3v) is 3.52. The zero-order valence-corrected chi connectivity index (χ0v) is 13.6. The van der Waals surface area contributed by atoms with Crippen LogP contribution in [0.2, 0.25) is 0 Å². The van der Waals surface area contributed by atoms with E-state index in [0.29, 0.717) is 18.7 Å². The van der Waals surface area contributed by atoms with Crippen molar-refractivity contribution in [3.8, 4) is 5.69 Å². The van der Waals surface area contributed by atoms with Crippen molar-refractivity contribution >= 4 is 17.4 Å². The van der Waals surface area contributed by atoms with Crippen molar-refractivity contribution in [1.82, 2.24) is 9.13 Å². The number of aromatic nitrogens is 2. The SMILES string of the molecule is COCCCC(=O)Nc1c(N)n(-c2ccccc2)c(=O)n(C)c1=O. The molecule has 0 unspecified atom stereocenters. The lowest BCUT2D eigenvalue weighted by Crippen LogP contribution is -2.40. The van der Waals surface area contributed by atoms with Crippen molar-refractivity contribution < 1.29 is 9.53 Å². The lowest BCUT2D eigenvalue weighted by atomic mass is 10.3. The number of carbonyl (C=O) groups excluding carboxylic acids is 1. The van der Waals surface area contributed by atoms with Crippen LogP contribution in [0.1, 0.15) is 12.8 Å². The van der Waals surface area contributed by atoms with Gasteiger partial charge in [0.1, 0.15) is 11.5 Å². The van der Waals surface area contributed by atoms with Crippen molar-refractivity contribution in [2.24, 2.45) is 7.05 Å². The van der Waals surface area contributed by atoms with Crippen LogP contribution in [0.3, 0.4) is 0 Å². The second-order valence-electron chi connectivity index (χ2n) is 5.22. The van der Waals surface area contributed by atoms with Gasteiger partial charge in [-0.3, -0.25) is 14.2 Å². The van der Waals surface area contributed by atoms with E-state index in [1.807, 2.05) is 0 Å². The Morgan fingerprint density at radius 3 is 2.54 bits per heavy atom. The smallest absolute Gasteiger partial charge is 0.337 e. The fourth-order valence-electron chi connectivity index (χ4n) is 2.25. The molecule has 1 aromatic carbocycles. The number of nitrogens with zero attached hydrogens (tertiary/aromatic N) is 2. The summed E-state index contributed by atoms with van der Waals surface area (Å²) >= 11 is 0. The van der Waals surface area contributed by atoms with Crippen LogP contribution >= 0.6 is 0 Å². The Labute approximate surface area is 138 Å². The van der Waals surface area contributed by atoms with E-state index in [4.69, 9.17) is 10.5 Å². The predicted molar refractivity (Wildman–Crippen MR) is 91.4 cm³/mol. The first kappa shape index (κ1) is 17.5. The number of amides is 1. The number of nitrogens with one attached hydrogen (secondary N) is 1. The normalized spacial score (nSPS) is 10.6. The number of hydrogen-bond acceptors (Lipinski definition) is 5. The van der Waals surface area contributed by atoms with E-state index in [0.717, 1.165) is 4.57 Å². The Morgan fingerprint density at radius 2 is 1.92 bits per heavy atom. The standard InChI is InChI=1S/C16H20N4O4/c1-19-15(22)13(18-12(21)9-6-10-24-2)14(17)20(16(19)23)11-7-4-3-5-8-11/h3-5,7-8H,6,9-10,17H2,1-2H3,(H,18,21). The molecule has 24 heavy (non-hydrogen) atoms. The Bertz CT molecular complexity index is 840. The van der Waals surface area contributed by atoms with Crippen LogP contribution in [0.15, 0.2) is 39.9 Å². The molecule has 0 aliphatic carbocycles. The molecular formula is C16H20N4O4. The number of rotatable bonds is 6. The summed E-state index contributed by atoms with van der Waals surface area (Å²) in [5, 5.41) is 2.50. The number of ether oxygens (including phenoxy) is 1. The molecule has 0 radical (unpaired) electrons. The Kier molecular flexibility index (Phi) is 5.54. The fourth-order valence-corrected chi connectivity index (χ4v) is 2.25. The molecule has 0 spiro atoms. The summed E-state index contributed by atoms with van der Waals surface area (Å²) in [6.45, 7) is 0.435. The maximum absolute atomic E-state index is 12.4. The molecule has 0 fully saturated rings. The first-order valence-electron chi connectivity index (χ1n) is 7.43. The fraction of sp³-hybridized carbons (Fsp3) is 0.312. The molecule has 1 aromatic heterocycles. The van der Waals surface area contributed by atoms with Gasteiger partial charge in [0.05, 0.1) is 5.69 Å².